The Labute approximate surface area is 159 Å². The van der Waals surface area contributed by atoms with E-state index in [-0.39, 0.29) is 0 Å². The predicted octanol–water partition coefficient (Wildman–Crippen LogP) is 5.12. The van der Waals surface area contributed by atoms with E-state index in [1.165, 1.54) is 6.33 Å². The zero-order valence-electron chi connectivity index (χ0n) is 13.8. The summed E-state index contributed by atoms with van der Waals surface area (Å²) in [4.78, 5) is 13.1. The summed E-state index contributed by atoms with van der Waals surface area (Å²) < 4.78 is 1.11. The molecule has 0 amide bonds. The van der Waals surface area contributed by atoms with Gasteiger partial charge < -0.3 is 16.4 Å². The third-order valence-electron chi connectivity index (χ3n) is 3.86. The Kier molecular flexibility index (Phi) is 4.32. The normalized spacial score (nSPS) is 10.8. The molecule has 0 saturated carbocycles. The predicted molar refractivity (Wildman–Crippen MR) is 109 cm³/mol. The van der Waals surface area contributed by atoms with Crippen LogP contribution in [0, 0.1) is 6.92 Å². The van der Waals surface area contributed by atoms with Gasteiger partial charge in [0.05, 0.1) is 20.9 Å². The van der Waals surface area contributed by atoms with Crippen LogP contribution in [-0.2, 0) is 0 Å². The van der Waals surface area contributed by atoms with Gasteiger partial charge in [-0.05, 0) is 30.7 Å². The first-order chi connectivity index (χ1) is 12.6. The van der Waals surface area contributed by atoms with Crippen molar-refractivity contribution in [3.63, 3.8) is 0 Å². The van der Waals surface area contributed by atoms with E-state index in [2.05, 4.69) is 25.6 Å². The third-order valence-corrected chi connectivity index (χ3v) is 5.12. The molecule has 0 aliphatic carbocycles. The van der Waals surface area contributed by atoms with Gasteiger partial charge in [0.2, 0.25) is 0 Å². The Hall–Kier alpha value is -2.90. The SMILES string of the molecule is Cc1cccc2sc(Nc3ncnc(Nc4ccccc4Cl)c3N)nc12. The number of aryl methyl sites for hydroxylation is 1. The number of hydrogen-bond acceptors (Lipinski definition) is 7. The summed E-state index contributed by atoms with van der Waals surface area (Å²) in [6, 6.07) is 13.5. The molecule has 4 aromatic rings. The molecule has 4 N–H and O–H groups in total. The Balaban J connectivity index is 1.65. The summed E-state index contributed by atoms with van der Waals surface area (Å²) in [7, 11) is 0. The molecule has 0 radical (unpaired) electrons. The summed E-state index contributed by atoms with van der Waals surface area (Å²) in [6.45, 7) is 2.04. The highest BCUT2D eigenvalue weighted by Crippen LogP contribution is 2.33. The summed E-state index contributed by atoms with van der Waals surface area (Å²) in [5.74, 6) is 0.971. The number of fused-ring (bicyclic) bond motifs is 1. The van der Waals surface area contributed by atoms with Crippen molar-refractivity contribution in [3.8, 4) is 0 Å². The number of thiazole rings is 1. The topological polar surface area (TPSA) is 88.8 Å². The average Bonchev–Trinajstić information content (AvgIpc) is 3.04. The minimum Gasteiger partial charge on any atom is -0.393 e. The van der Waals surface area contributed by atoms with Crippen LogP contribution < -0.4 is 16.4 Å². The standard InChI is InChI=1S/C18H15ClN6S/c1-10-5-4-8-13-15(10)24-18(26-13)25-17-14(20)16(21-9-22-17)23-12-7-3-2-6-11(12)19/h2-9H,20H2,1H3,(H2,21,22,23,24,25). The van der Waals surface area contributed by atoms with Gasteiger partial charge in [-0.3, -0.25) is 0 Å². The number of nitrogens with one attached hydrogen (secondary N) is 2. The molecule has 4 rings (SSSR count). The van der Waals surface area contributed by atoms with Gasteiger partial charge in [-0.25, -0.2) is 15.0 Å². The molecule has 8 heteroatoms. The third kappa shape index (κ3) is 3.14. The van der Waals surface area contributed by atoms with Gasteiger partial charge in [0.25, 0.3) is 0 Å². The molecule has 2 aromatic heterocycles. The maximum atomic E-state index is 6.24. The van der Waals surface area contributed by atoms with Crippen LogP contribution >= 0.6 is 22.9 Å². The highest BCUT2D eigenvalue weighted by molar-refractivity contribution is 7.22. The molecular weight excluding hydrogens is 368 g/mol. The lowest BCUT2D eigenvalue weighted by Crippen LogP contribution is -2.05. The molecule has 0 spiro atoms. The second-order valence-electron chi connectivity index (χ2n) is 5.66. The number of nitrogen functional groups attached to an aromatic ring is 1. The van der Waals surface area contributed by atoms with Crippen LogP contribution in [0.5, 0.6) is 0 Å². The number of benzene rings is 2. The quantitative estimate of drug-likeness (QED) is 0.454. The molecule has 0 atom stereocenters. The van der Waals surface area contributed by atoms with E-state index >= 15 is 0 Å². The second-order valence-corrected chi connectivity index (χ2v) is 7.09. The Morgan fingerprint density at radius 1 is 1.00 bits per heavy atom. The van der Waals surface area contributed by atoms with E-state index < -0.39 is 0 Å². The summed E-state index contributed by atoms with van der Waals surface area (Å²) in [6.07, 6.45) is 1.44. The van der Waals surface area contributed by atoms with Crippen molar-refractivity contribution < 1.29 is 0 Å². The van der Waals surface area contributed by atoms with Gasteiger partial charge >= 0.3 is 0 Å². The number of rotatable bonds is 4. The first-order valence-electron chi connectivity index (χ1n) is 7.87. The number of para-hydroxylation sites is 2. The molecule has 6 nitrogen and oxygen atoms in total. The largest absolute Gasteiger partial charge is 0.393 e. The fourth-order valence-corrected chi connectivity index (χ4v) is 3.65. The molecule has 0 fully saturated rings. The second kappa shape index (κ2) is 6.78. The first kappa shape index (κ1) is 16.6. The number of anilines is 5. The van der Waals surface area contributed by atoms with E-state index in [1.807, 2.05) is 43.3 Å². The van der Waals surface area contributed by atoms with Crippen LogP contribution in [0.3, 0.4) is 0 Å². The first-order valence-corrected chi connectivity index (χ1v) is 9.06. The average molecular weight is 383 g/mol. The van der Waals surface area contributed by atoms with E-state index in [0.29, 0.717) is 22.3 Å². The van der Waals surface area contributed by atoms with Crippen molar-refractivity contribution in [2.45, 2.75) is 6.92 Å². The lowest BCUT2D eigenvalue weighted by atomic mass is 10.2. The molecule has 0 aliphatic heterocycles. The summed E-state index contributed by atoms with van der Waals surface area (Å²) in [5.41, 5.74) is 9.45. The van der Waals surface area contributed by atoms with Crippen LogP contribution in [0.4, 0.5) is 28.1 Å². The van der Waals surface area contributed by atoms with E-state index in [1.54, 1.807) is 17.4 Å². The minimum absolute atomic E-state index is 0.392. The van der Waals surface area contributed by atoms with Crippen LogP contribution in [0.15, 0.2) is 48.8 Å². The molecule has 0 saturated heterocycles. The molecule has 2 aromatic carbocycles. The molecule has 26 heavy (non-hydrogen) atoms. The zero-order chi connectivity index (χ0) is 18.1. The summed E-state index contributed by atoms with van der Waals surface area (Å²) in [5, 5.41) is 7.64. The smallest absolute Gasteiger partial charge is 0.189 e. The van der Waals surface area contributed by atoms with Crippen LogP contribution in [0.25, 0.3) is 10.2 Å². The van der Waals surface area contributed by atoms with Gasteiger partial charge in [0.15, 0.2) is 16.8 Å². The molecule has 2 heterocycles. The van der Waals surface area contributed by atoms with Crippen LogP contribution in [0.1, 0.15) is 5.56 Å². The molecule has 130 valence electrons. The Morgan fingerprint density at radius 3 is 2.54 bits per heavy atom. The minimum atomic E-state index is 0.392. The highest BCUT2D eigenvalue weighted by Gasteiger charge is 2.12. The zero-order valence-corrected chi connectivity index (χ0v) is 15.4. The Bertz CT molecular complexity index is 1090. The van der Waals surface area contributed by atoms with Crippen LogP contribution in [0.2, 0.25) is 5.02 Å². The maximum Gasteiger partial charge on any atom is 0.189 e. The van der Waals surface area contributed by atoms with E-state index in [9.17, 15) is 0 Å². The van der Waals surface area contributed by atoms with Gasteiger partial charge in [-0.1, -0.05) is 47.2 Å². The fraction of sp³-hybridized carbons (Fsp3) is 0.0556. The van der Waals surface area contributed by atoms with Gasteiger partial charge in [0, 0.05) is 0 Å². The lowest BCUT2D eigenvalue weighted by molar-refractivity contribution is 1.17. The molecule has 0 unspecified atom stereocenters. The monoisotopic (exact) mass is 382 g/mol. The van der Waals surface area contributed by atoms with Gasteiger partial charge in [-0.2, -0.15) is 0 Å². The fourth-order valence-electron chi connectivity index (χ4n) is 2.53. The van der Waals surface area contributed by atoms with Gasteiger partial charge in [0.1, 0.15) is 12.0 Å². The van der Waals surface area contributed by atoms with Gasteiger partial charge in [-0.15, -0.1) is 0 Å². The lowest BCUT2D eigenvalue weighted by Gasteiger charge is -2.12. The number of aromatic nitrogens is 3. The summed E-state index contributed by atoms with van der Waals surface area (Å²) >= 11 is 7.73. The van der Waals surface area contributed by atoms with Crippen LogP contribution in [-0.4, -0.2) is 15.0 Å². The highest BCUT2D eigenvalue weighted by atomic mass is 35.5. The van der Waals surface area contributed by atoms with Crippen molar-refractivity contribution in [1.29, 1.82) is 0 Å². The maximum absolute atomic E-state index is 6.24. The molecule has 0 bridgehead atoms. The molecule has 0 aliphatic rings. The van der Waals surface area contributed by atoms with Crippen molar-refractivity contribution in [2.24, 2.45) is 0 Å². The van der Waals surface area contributed by atoms with Crippen molar-refractivity contribution in [2.75, 3.05) is 16.4 Å². The van der Waals surface area contributed by atoms with E-state index in [0.717, 1.165) is 26.6 Å². The number of nitrogens with two attached hydrogens (primary N) is 1. The number of halogens is 1. The number of nitrogens with zero attached hydrogens (tertiary/aromatic N) is 3. The number of hydrogen-bond donors (Lipinski definition) is 3. The van der Waals surface area contributed by atoms with Crippen molar-refractivity contribution in [3.05, 3.63) is 59.4 Å². The van der Waals surface area contributed by atoms with Crippen molar-refractivity contribution in [1.82, 2.24) is 15.0 Å². The van der Waals surface area contributed by atoms with E-state index in [4.69, 9.17) is 17.3 Å². The molecular formula is C18H15ClN6S. The van der Waals surface area contributed by atoms with Crippen molar-refractivity contribution >= 4 is 61.3 Å². The Morgan fingerprint density at radius 2 is 1.77 bits per heavy atom.